The van der Waals surface area contributed by atoms with E-state index in [2.05, 4.69) is 10.2 Å². The average molecular weight is 739 g/mol. The lowest BCUT2D eigenvalue weighted by molar-refractivity contribution is 0.554. The van der Waals surface area contributed by atoms with Gasteiger partial charge in [-0.15, -0.1) is 0 Å². The summed E-state index contributed by atoms with van der Waals surface area (Å²) < 4.78 is 51.9. The fraction of sp³-hybridized carbons (Fsp3) is 0.263. The van der Waals surface area contributed by atoms with Gasteiger partial charge in [0.05, 0.1) is 22.8 Å². The van der Waals surface area contributed by atoms with Gasteiger partial charge in [-0.05, 0) is 57.3 Å². The van der Waals surface area contributed by atoms with Crippen LogP contribution < -0.4 is 22.0 Å². The van der Waals surface area contributed by atoms with Gasteiger partial charge >= 0.3 is 0 Å². The molecule has 2 atom stereocenters. The Balaban J connectivity index is 1.58. The van der Waals surface area contributed by atoms with Crippen molar-refractivity contribution in [2.45, 2.75) is 61.9 Å². The fourth-order valence-electron chi connectivity index (χ4n) is 8.06. The van der Waals surface area contributed by atoms with Crippen molar-refractivity contribution < 1.29 is 16.8 Å². The molecule has 6 rings (SSSR count). The van der Waals surface area contributed by atoms with E-state index < -0.39 is 29.5 Å². The summed E-state index contributed by atoms with van der Waals surface area (Å²) in [6.07, 6.45) is 2.03. The van der Waals surface area contributed by atoms with E-state index in [1.54, 1.807) is 60.7 Å². The van der Waals surface area contributed by atoms with Crippen LogP contribution in [-0.2, 0) is 42.4 Å². The number of primary sulfonamides is 2. The highest BCUT2D eigenvalue weighted by molar-refractivity contribution is 7.90. The van der Waals surface area contributed by atoms with Crippen molar-refractivity contribution in [3.63, 3.8) is 0 Å². The predicted octanol–water partition coefficient (Wildman–Crippen LogP) is 4.50. The number of hydrogen-bond acceptors (Lipinski definition) is 10. The molecular weight excluding hydrogens is 697 g/mol. The highest BCUT2D eigenvalue weighted by atomic mass is 32.2. The topological polar surface area (TPSA) is 245 Å². The molecule has 12 nitrogen and oxygen atoms in total. The van der Waals surface area contributed by atoms with E-state index in [4.69, 9.17) is 32.8 Å². The number of nitrogens with zero attached hydrogens (tertiary/aromatic N) is 2. The summed E-state index contributed by atoms with van der Waals surface area (Å²) in [7, 11) is -8.72. The molecule has 2 unspecified atom stereocenters. The minimum absolute atomic E-state index is 0.0501. The van der Waals surface area contributed by atoms with Crippen LogP contribution in [0.15, 0.2) is 95.1 Å². The van der Waals surface area contributed by atoms with Crippen molar-refractivity contribution in [1.29, 1.82) is 10.8 Å². The zero-order chi connectivity index (χ0) is 37.6. The highest BCUT2D eigenvalue weighted by Gasteiger charge is 2.53. The van der Waals surface area contributed by atoms with E-state index in [0.717, 1.165) is 22.3 Å². The number of benzene rings is 4. The molecular formula is C38H42N8O4S2. The van der Waals surface area contributed by atoms with Gasteiger partial charge < -0.3 is 11.7 Å². The van der Waals surface area contributed by atoms with Crippen LogP contribution in [0, 0.1) is 10.8 Å². The summed E-state index contributed by atoms with van der Waals surface area (Å²) in [5.74, 6) is 11.4. The van der Waals surface area contributed by atoms with E-state index in [1.165, 1.54) is 0 Å². The predicted molar refractivity (Wildman–Crippen MR) is 207 cm³/mol. The van der Waals surface area contributed by atoms with Gasteiger partial charge in [-0.2, -0.15) is 10.2 Å². The molecule has 0 bridgehead atoms. The molecule has 0 saturated carbocycles. The Hall–Kier alpha value is -5.02. The molecule has 14 heteroatoms. The largest absolute Gasteiger partial charge is 0.323 e. The Morgan fingerprint density at radius 2 is 0.962 bits per heavy atom. The summed E-state index contributed by atoms with van der Waals surface area (Å²) in [6.45, 7) is 4.00. The highest BCUT2D eigenvalue weighted by Crippen LogP contribution is 2.49. The first-order chi connectivity index (χ1) is 24.7. The van der Waals surface area contributed by atoms with Gasteiger partial charge in [-0.1, -0.05) is 112 Å². The third-order valence-corrected chi connectivity index (χ3v) is 13.5. The molecule has 0 aromatic heterocycles. The van der Waals surface area contributed by atoms with Crippen LogP contribution in [-0.4, -0.2) is 39.7 Å². The van der Waals surface area contributed by atoms with E-state index in [9.17, 15) is 16.8 Å². The monoisotopic (exact) mass is 738 g/mol. The second-order valence-corrected chi connectivity index (χ2v) is 16.9. The molecule has 0 radical (unpaired) electrons. The zero-order valence-corrected chi connectivity index (χ0v) is 30.6. The average Bonchev–Trinajstić information content (AvgIpc) is 3.12. The van der Waals surface area contributed by atoms with Crippen LogP contribution in [0.1, 0.15) is 84.0 Å². The zero-order valence-electron chi connectivity index (χ0n) is 29.0. The third kappa shape index (κ3) is 5.57. The summed E-state index contributed by atoms with van der Waals surface area (Å²) >= 11 is 0. The minimum Gasteiger partial charge on any atom is -0.323 e. The summed E-state index contributed by atoms with van der Waals surface area (Å²) in [6, 6.07) is 24.8. The minimum atomic E-state index is -4.36. The van der Waals surface area contributed by atoms with E-state index in [1.807, 2.05) is 38.1 Å². The maximum absolute atomic E-state index is 13.8. The van der Waals surface area contributed by atoms with E-state index in [-0.39, 0.29) is 35.7 Å². The van der Waals surface area contributed by atoms with Crippen LogP contribution in [0.5, 0.6) is 0 Å². The summed E-state index contributed by atoms with van der Waals surface area (Å²) in [5, 5.41) is 37.3. The first kappa shape index (κ1) is 36.8. The number of fused-ring (bicyclic) bond motifs is 2. The first-order valence-corrected chi connectivity index (χ1v) is 20.0. The smallest absolute Gasteiger partial charge is 0.223 e. The molecule has 2 aliphatic rings. The Kier molecular flexibility index (Phi) is 9.55. The van der Waals surface area contributed by atoms with Gasteiger partial charge in [-0.3, -0.25) is 10.8 Å². The van der Waals surface area contributed by atoms with E-state index in [0.29, 0.717) is 59.1 Å². The van der Waals surface area contributed by atoms with Crippen LogP contribution >= 0.6 is 0 Å². The molecule has 4 aromatic rings. The van der Waals surface area contributed by atoms with E-state index >= 15 is 0 Å². The van der Waals surface area contributed by atoms with Gasteiger partial charge in [-0.25, -0.2) is 27.1 Å². The number of sulfonamides is 2. The van der Waals surface area contributed by atoms with Crippen LogP contribution in [0.4, 0.5) is 0 Å². The lowest BCUT2D eigenvalue weighted by atomic mass is 9.73. The molecule has 0 heterocycles. The van der Waals surface area contributed by atoms with Gasteiger partial charge in [0, 0.05) is 24.0 Å². The summed E-state index contributed by atoms with van der Waals surface area (Å²) in [5.41, 5.74) is 5.96. The molecule has 10 N–H and O–H groups in total. The second-order valence-electron chi connectivity index (χ2n) is 13.3. The maximum Gasteiger partial charge on any atom is 0.223 e. The number of hydrogen-bond donors (Lipinski definition) is 6. The van der Waals surface area contributed by atoms with Gasteiger partial charge in [0.2, 0.25) is 20.0 Å². The van der Waals surface area contributed by atoms with Crippen molar-refractivity contribution in [1.82, 2.24) is 0 Å². The maximum atomic E-state index is 13.8. The number of nitrogens with two attached hydrogens (primary N) is 4. The molecule has 4 aromatic carbocycles. The molecule has 2 aliphatic carbocycles. The molecule has 0 fully saturated rings. The third-order valence-electron chi connectivity index (χ3n) is 10.4. The Morgan fingerprint density at radius 1 is 0.596 bits per heavy atom. The van der Waals surface area contributed by atoms with Crippen molar-refractivity contribution in [2.75, 3.05) is 0 Å². The number of rotatable bonds is 9. The molecule has 270 valence electrons. The molecule has 0 saturated heterocycles. The standard InChI is InChI=1S/C38H42N8O4S2/c1-3-9-25-19-23(15-17-29(25)37(51(43,47)48)21-33(45-41)35(39)27-11-5-7-13-31(27)37)24-16-18-30(26(20-24)10-4-2)38(52(44,49)50)22-34(46-42)36(40)28-12-6-8-14-32(28)38/h5-8,11-20,39-40H,3-4,9-10,21-22,41-42H2,1-2H3,(H2,43,47,48)(H2,44,49,50)/b39-35?,40-36?,45-33-,46-34+. The lowest BCUT2D eigenvalue weighted by Gasteiger charge is -2.39. The SMILES string of the molecule is CCCc1cc(-c2ccc(C3(S(N)(=O)=O)C/C(=N\N)C(=N)c4ccccc43)c(CCC)c2)ccc1C1(S(N)(=O)=O)C/C(=N/N)C(=N)c2ccccc21. The quantitative estimate of drug-likeness (QED) is 0.107. The van der Waals surface area contributed by atoms with Crippen LogP contribution in [0.3, 0.4) is 0 Å². The van der Waals surface area contributed by atoms with Crippen LogP contribution in [0.25, 0.3) is 11.1 Å². The van der Waals surface area contributed by atoms with Crippen molar-refractivity contribution in [2.24, 2.45) is 32.2 Å². The molecule has 0 aliphatic heterocycles. The van der Waals surface area contributed by atoms with Crippen LogP contribution in [0.2, 0.25) is 0 Å². The lowest BCUT2D eigenvalue weighted by Crippen LogP contribution is -2.49. The Labute approximate surface area is 304 Å². The van der Waals surface area contributed by atoms with Crippen molar-refractivity contribution in [3.05, 3.63) is 129 Å². The van der Waals surface area contributed by atoms with Gasteiger partial charge in [0.1, 0.15) is 9.49 Å². The molecule has 0 spiro atoms. The molecule has 0 amide bonds. The number of nitrogens with one attached hydrogen (secondary N) is 2. The molecule has 52 heavy (non-hydrogen) atoms. The van der Waals surface area contributed by atoms with Crippen molar-refractivity contribution >= 4 is 42.9 Å². The van der Waals surface area contributed by atoms with Gasteiger partial charge in [0.15, 0.2) is 0 Å². The Morgan fingerprint density at radius 3 is 1.29 bits per heavy atom. The summed E-state index contributed by atoms with van der Waals surface area (Å²) in [4.78, 5) is 0. The Bertz CT molecular complexity index is 2260. The second kappa shape index (κ2) is 13.5. The first-order valence-electron chi connectivity index (χ1n) is 16.9. The van der Waals surface area contributed by atoms with Gasteiger partial charge in [0.25, 0.3) is 0 Å². The van der Waals surface area contributed by atoms with Crippen molar-refractivity contribution in [3.8, 4) is 11.1 Å². The normalized spacial score (nSPS) is 22.0. The number of hydrazone groups is 2. The number of aryl methyl sites for hydroxylation is 2. The fourth-order valence-corrected chi connectivity index (χ4v) is 10.7.